The van der Waals surface area contributed by atoms with Crippen LogP contribution in [0.5, 0.6) is 0 Å². The minimum Gasteiger partial charge on any atom is -0.349 e. The van der Waals surface area contributed by atoms with Crippen LogP contribution in [0.4, 0.5) is 5.95 Å². The van der Waals surface area contributed by atoms with E-state index in [9.17, 15) is 9.59 Å². The van der Waals surface area contributed by atoms with E-state index >= 15 is 0 Å². The first kappa shape index (κ1) is 14.3. The predicted molar refractivity (Wildman–Crippen MR) is 93.0 cm³/mol. The third kappa shape index (κ3) is 2.05. The number of pyridine rings is 1. The summed E-state index contributed by atoms with van der Waals surface area (Å²) in [5, 5.41) is 16.3. The van der Waals surface area contributed by atoms with E-state index in [-0.39, 0.29) is 17.1 Å². The first-order valence-electron chi connectivity index (χ1n) is 7.68. The molecule has 0 atom stereocenters. The molecule has 5 aromatic rings. The minimum atomic E-state index is -0.461. The predicted octanol–water partition coefficient (Wildman–Crippen LogP) is 1.09. The van der Waals surface area contributed by atoms with Gasteiger partial charge in [0.2, 0.25) is 0 Å². The number of aromatic amines is 2. The van der Waals surface area contributed by atoms with Crippen LogP contribution in [0.3, 0.4) is 0 Å². The zero-order chi connectivity index (χ0) is 17.7. The number of hydrogen-bond donors (Lipinski definition) is 3. The molecule has 4 aromatic heterocycles. The van der Waals surface area contributed by atoms with Crippen LogP contribution in [0.25, 0.3) is 27.6 Å². The Morgan fingerprint density at radius 3 is 2.88 bits per heavy atom. The van der Waals surface area contributed by atoms with Gasteiger partial charge < -0.3 is 4.98 Å². The number of H-pyrrole nitrogens is 2. The maximum atomic E-state index is 12.9. The third-order valence-electron chi connectivity index (χ3n) is 4.10. The van der Waals surface area contributed by atoms with Gasteiger partial charge in [-0.15, -0.1) is 5.10 Å². The number of fused-ring (bicyclic) bond motifs is 4. The van der Waals surface area contributed by atoms with E-state index in [0.717, 1.165) is 10.9 Å². The molecule has 0 aliphatic rings. The highest BCUT2D eigenvalue weighted by Crippen LogP contribution is 2.21. The maximum absolute atomic E-state index is 12.9. The van der Waals surface area contributed by atoms with Gasteiger partial charge in [0.05, 0.1) is 5.56 Å². The van der Waals surface area contributed by atoms with Gasteiger partial charge in [0.25, 0.3) is 17.4 Å². The summed E-state index contributed by atoms with van der Waals surface area (Å²) in [5.41, 5.74) is 2.26. The summed E-state index contributed by atoms with van der Waals surface area (Å²) in [6.07, 6.45) is 1.44. The second-order valence-electron chi connectivity index (χ2n) is 5.65. The Bertz CT molecular complexity index is 1350. The largest absolute Gasteiger partial charge is 0.349 e. The number of rotatable bonds is 2. The summed E-state index contributed by atoms with van der Waals surface area (Å²) in [5.74, 6) is -0.413. The molecule has 0 saturated heterocycles. The van der Waals surface area contributed by atoms with Crippen molar-refractivity contribution in [1.82, 2.24) is 35.0 Å². The zero-order valence-electron chi connectivity index (χ0n) is 13.1. The third-order valence-corrected chi connectivity index (χ3v) is 4.10. The molecular formula is C16H10N8O2. The quantitative estimate of drug-likeness (QED) is 0.438. The second-order valence-corrected chi connectivity index (χ2v) is 5.65. The Morgan fingerprint density at radius 2 is 2.04 bits per heavy atom. The fourth-order valence-corrected chi connectivity index (χ4v) is 2.90. The van der Waals surface area contributed by atoms with Crippen LogP contribution in [0.2, 0.25) is 0 Å². The molecule has 10 nitrogen and oxygen atoms in total. The van der Waals surface area contributed by atoms with Gasteiger partial charge in [-0.1, -0.05) is 23.3 Å². The fraction of sp³-hybridized carbons (Fsp3) is 0. The fourth-order valence-electron chi connectivity index (χ4n) is 2.90. The monoisotopic (exact) mass is 346 g/mol. The Hall–Kier alpha value is -4.08. The molecule has 0 spiro atoms. The minimum absolute atomic E-state index is 0.0478. The summed E-state index contributed by atoms with van der Waals surface area (Å²) in [4.78, 5) is 32.8. The van der Waals surface area contributed by atoms with Crippen molar-refractivity contribution >= 4 is 39.4 Å². The average molecular weight is 346 g/mol. The molecule has 126 valence electrons. The Kier molecular flexibility index (Phi) is 2.86. The molecule has 1 amide bonds. The van der Waals surface area contributed by atoms with Crippen LogP contribution < -0.4 is 10.9 Å². The van der Waals surface area contributed by atoms with Crippen molar-refractivity contribution in [1.29, 1.82) is 0 Å². The average Bonchev–Trinajstić information content (AvgIpc) is 3.29. The number of aromatic nitrogens is 7. The first-order valence-corrected chi connectivity index (χ1v) is 7.68. The molecule has 4 heterocycles. The molecule has 0 unspecified atom stereocenters. The molecule has 0 bridgehead atoms. The lowest BCUT2D eigenvalue weighted by atomic mass is 10.2. The van der Waals surface area contributed by atoms with E-state index in [1.54, 1.807) is 12.1 Å². The number of carbonyl (C=O) groups is 1. The molecule has 0 aliphatic heterocycles. The van der Waals surface area contributed by atoms with E-state index in [1.165, 1.54) is 10.6 Å². The highest BCUT2D eigenvalue weighted by atomic mass is 16.2. The number of tetrazole rings is 1. The van der Waals surface area contributed by atoms with Gasteiger partial charge in [-0.05, 0) is 23.4 Å². The molecule has 0 radical (unpaired) electrons. The van der Waals surface area contributed by atoms with Crippen LogP contribution in [-0.2, 0) is 0 Å². The summed E-state index contributed by atoms with van der Waals surface area (Å²) >= 11 is 0. The Balaban J connectivity index is 1.69. The van der Waals surface area contributed by atoms with Crippen molar-refractivity contribution in [3.63, 3.8) is 0 Å². The van der Waals surface area contributed by atoms with Gasteiger partial charge in [-0.25, -0.2) is 4.98 Å². The molecule has 1 aromatic carbocycles. The smallest absolute Gasteiger partial charge is 0.282 e. The number of anilines is 1. The lowest BCUT2D eigenvalue weighted by molar-refractivity contribution is 0.102. The number of amides is 1. The number of benzene rings is 1. The Morgan fingerprint density at radius 1 is 1.15 bits per heavy atom. The lowest BCUT2D eigenvalue weighted by Crippen LogP contribution is -2.19. The number of nitrogens with one attached hydrogen (secondary N) is 3. The standard InChI is InChI=1S/C16H10N8O2/c25-14(19-16-20-22-23-21-16)8-5-6-11-18-12-9-3-1-2-4-10(9)17-13(12)15(26)24(11)7-8/h1-7,17H,(H2,19,20,21,22,23,25). The van der Waals surface area contributed by atoms with Gasteiger partial charge in [0.1, 0.15) is 16.7 Å². The number of para-hydroxylation sites is 1. The van der Waals surface area contributed by atoms with Crippen LogP contribution in [0.1, 0.15) is 10.4 Å². The zero-order valence-corrected chi connectivity index (χ0v) is 13.1. The van der Waals surface area contributed by atoms with Crippen LogP contribution >= 0.6 is 0 Å². The van der Waals surface area contributed by atoms with Crippen LogP contribution in [-0.4, -0.2) is 40.9 Å². The first-order chi connectivity index (χ1) is 12.7. The molecule has 3 N–H and O–H groups in total. The summed E-state index contributed by atoms with van der Waals surface area (Å²) in [7, 11) is 0. The van der Waals surface area contributed by atoms with Crippen molar-refractivity contribution in [2.75, 3.05) is 5.32 Å². The van der Waals surface area contributed by atoms with Gasteiger partial charge in [0.15, 0.2) is 0 Å². The highest BCUT2D eigenvalue weighted by molar-refractivity contribution is 6.05. The number of hydrogen-bond acceptors (Lipinski definition) is 6. The van der Waals surface area contributed by atoms with Gasteiger partial charge in [-0.2, -0.15) is 5.21 Å². The van der Waals surface area contributed by atoms with Crippen molar-refractivity contribution in [3.05, 3.63) is 58.5 Å². The van der Waals surface area contributed by atoms with E-state index in [0.29, 0.717) is 16.7 Å². The van der Waals surface area contributed by atoms with Crippen molar-refractivity contribution < 1.29 is 4.79 Å². The van der Waals surface area contributed by atoms with E-state index in [4.69, 9.17) is 0 Å². The normalized spacial score (nSPS) is 11.4. The van der Waals surface area contributed by atoms with E-state index in [1.807, 2.05) is 24.3 Å². The molecule has 0 saturated carbocycles. The van der Waals surface area contributed by atoms with Crippen LogP contribution in [0.15, 0.2) is 47.4 Å². The van der Waals surface area contributed by atoms with Crippen molar-refractivity contribution in [3.8, 4) is 0 Å². The summed E-state index contributed by atoms with van der Waals surface area (Å²) in [6, 6.07) is 10.8. The van der Waals surface area contributed by atoms with Gasteiger partial charge in [0, 0.05) is 17.1 Å². The van der Waals surface area contributed by atoms with Gasteiger partial charge >= 0.3 is 0 Å². The maximum Gasteiger partial charge on any atom is 0.282 e. The summed E-state index contributed by atoms with van der Waals surface area (Å²) < 4.78 is 1.34. The molecule has 26 heavy (non-hydrogen) atoms. The topological polar surface area (TPSA) is 134 Å². The van der Waals surface area contributed by atoms with Crippen molar-refractivity contribution in [2.45, 2.75) is 0 Å². The molecular weight excluding hydrogens is 336 g/mol. The molecule has 10 heteroatoms. The molecule has 0 fully saturated rings. The van der Waals surface area contributed by atoms with Gasteiger partial charge in [-0.3, -0.25) is 19.3 Å². The number of nitrogens with zero attached hydrogens (tertiary/aromatic N) is 5. The number of carbonyl (C=O) groups excluding carboxylic acids is 1. The summed E-state index contributed by atoms with van der Waals surface area (Å²) in [6.45, 7) is 0. The van der Waals surface area contributed by atoms with E-state index in [2.05, 4.69) is 35.9 Å². The van der Waals surface area contributed by atoms with Crippen LogP contribution in [0, 0.1) is 0 Å². The van der Waals surface area contributed by atoms with Crippen molar-refractivity contribution in [2.24, 2.45) is 0 Å². The lowest BCUT2D eigenvalue weighted by Gasteiger charge is -2.04. The van der Waals surface area contributed by atoms with E-state index < -0.39 is 5.91 Å². The Labute approximate surface area is 143 Å². The molecule has 5 rings (SSSR count). The second kappa shape index (κ2) is 5.21. The SMILES string of the molecule is O=C(Nc1nn[nH]n1)c1ccc2nc3c([nH]c4ccccc43)c(=O)n2c1. The highest BCUT2D eigenvalue weighted by Gasteiger charge is 2.14. The molecule has 0 aliphatic carbocycles.